The Bertz CT molecular complexity index is 461. The van der Waals surface area contributed by atoms with Gasteiger partial charge in [-0.05, 0) is 53.4 Å². The van der Waals surface area contributed by atoms with E-state index in [0.29, 0.717) is 18.3 Å². The Morgan fingerprint density at radius 2 is 2.26 bits per heavy atom. The summed E-state index contributed by atoms with van der Waals surface area (Å²) in [5.74, 6) is 0.734. The summed E-state index contributed by atoms with van der Waals surface area (Å²) in [7, 11) is 0. The van der Waals surface area contributed by atoms with Crippen LogP contribution in [0.15, 0.2) is 22.7 Å². The lowest BCUT2D eigenvalue weighted by Gasteiger charge is -2.20. The zero-order chi connectivity index (χ0) is 13.8. The molecule has 1 saturated carbocycles. The minimum absolute atomic E-state index is 0.0554. The molecule has 0 unspecified atom stereocenters. The number of hydrogen-bond acceptors (Lipinski definition) is 3. The molecular formula is C14H19BrN2O2. The first kappa shape index (κ1) is 14.3. The predicted octanol–water partition coefficient (Wildman–Crippen LogP) is 2.30. The summed E-state index contributed by atoms with van der Waals surface area (Å²) in [4.78, 5) is 13.9. The molecule has 0 radical (unpaired) electrons. The molecule has 1 fully saturated rings. The number of halogens is 1. The summed E-state index contributed by atoms with van der Waals surface area (Å²) < 4.78 is 6.41. The van der Waals surface area contributed by atoms with E-state index in [1.54, 1.807) is 0 Å². The van der Waals surface area contributed by atoms with Crippen molar-refractivity contribution in [1.29, 1.82) is 0 Å². The first-order valence-electron chi connectivity index (χ1n) is 6.56. The Kier molecular flexibility index (Phi) is 4.82. The molecule has 0 aliphatic heterocycles. The van der Waals surface area contributed by atoms with Gasteiger partial charge in [-0.15, -0.1) is 0 Å². The third-order valence-corrected chi connectivity index (χ3v) is 3.85. The maximum atomic E-state index is 12.0. The summed E-state index contributed by atoms with van der Waals surface area (Å²) in [6.45, 7) is 3.33. The van der Waals surface area contributed by atoms with Crippen molar-refractivity contribution < 1.29 is 9.53 Å². The van der Waals surface area contributed by atoms with E-state index in [4.69, 9.17) is 10.5 Å². The van der Waals surface area contributed by atoms with E-state index in [0.717, 1.165) is 29.4 Å². The Hall–Kier alpha value is -1.07. The monoisotopic (exact) mass is 326 g/mol. The molecule has 0 saturated heterocycles. The Morgan fingerprint density at radius 3 is 2.79 bits per heavy atom. The first-order chi connectivity index (χ1) is 9.15. The average Bonchev–Trinajstić information content (AvgIpc) is 3.22. The first-order valence-corrected chi connectivity index (χ1v) is 7.35. The third-order valence-electron chi connectivity index (χ3n) is 3.23. The average molecular weight is 327 g/mol. The number of likely N-dealkylation sites (N-methyl/N-ethyl adjacent to an activating group) is 1. The fraction of sp³-hybridized carbons (Fsp3) is 0.500. The van der Waals surface area contributed by atoms with E-state index >= 15 is 0 Å². The third kappa shape index (κ3) is 3.70. The van der Waals surface area contributed by atoms with E-state index in [1.165, 1.54) is 0 Å². The Balaban J connectivity index is 1.92. The van der Waals surface area contributed by atoms with Crippen molar-refractivity contribution in [2.45, 2.75) is 32.4 Å². The molecule has 1 amide bonds. The van der Waals surface area contributed by atoms with Crippen LogP contribution in [0.5, 0.6) is 5.75 Å². The van der Waals surface area contributed by atoms with Crippen molar-refractivity contribution in [3.8, 4) is 5.75 Å². The largest absolute Gasteiger partial charge is 0.483 e. The van der Waals surface area contributed by atoms with E-state index in [-0.39, 0.29) is 12.5 Å². The Morgan fingerprint density at radius 1 is 1.53 bits per heavy atom. The van der Waals surface area contributed by atoms with Crippen molar-refractivity contribution in [3.05, 3.63) is 28.2 Å². The second kappa shape index (κ2) is 6.39. The number of benzene rings is 1. The molecule has 2 N–H and O–H groups in total. The summed E-state index contributed by atoms with van der Waals surface area (Å²) in [6, 6.07) is 6.10. The van der Waals surface area contributed by atoms with E-state index < -0.39 is 0 Å². The van der Waals surface area contributed by atoms with Crippen LogP contribution in [-0.4, -0.2) is 30.0 Å². The van der Waals surface area contributed by atoms with Crippen LogP contribution >= 0.6 is 15.9 Å². The number of carbonyl (C=O) groups is 1. The number of nitrogens with two attached hydrogens (primary N) is 1. The van der Waals surface area contributed by atoms with Crippen LogP contribution in [0.1, 0.15) is 25.3 Å². The highest BCUT2D eigenvalue weighted by Crippen LogP contribution is 2.28. The zero-order valence-corrected chi connectivity index (χ0v) is 12.6. The van der Waals surface area contributed by atoms with Gasteiger partial charge in [0.05, 0.1) is 4.47 Å². The van der Waals surface area contributed by atoms with Gasteiger partial charge < -0.3 is 15.4 Å². The van der Waals surface area contributed by atoms with Crippen molar-refractivity contribution in [3.63, 3.8) is 0 Å². The van der Waals surface area contributed by atoms with E-state index in [9.17, 15) is 4.79 Å². The minimum atomic E-state index is 0.0554. The summed E-state index contributed by atoms with van der Waals surface area (Å²) >= 11 is 3.43. The topological polar surface area (TPSA) is 55.6 Å². The fourth-order valence-corrected chi connectivity index (χ4v) is 2.58. The summed E-state index contributed by atoms with van der Waals surface area (Å²) in [5.41, 5.74) is 6.59. The van der Waals surface area contributed by atoms with Crippen LogP contribution < -0.4 is 10.5 Å². The second-order valence-electron chi connectivity index (χ2n) is 4.67. The van der Waals surface area contributed by atoms with E-state index in [2.05, 4.69) is 15.9 Å². The summed E-state index contributed by atoms with van der Waals surface area (Å²) in [6.07, 6.45) is 2.24. The minimum Gasteiger partial charge on any atom is -0.483 e. The Labute approximate surface area is 122 Å². The van der Waals surface area contributed by atoms with Crippen LogP contribution in [0.4, 0.5) is 0 Å². The number of carbonyl (C=O) groups excluding carboxylic acids is 1. The molecule has 104 valence electrons. The van der Waals surface area contributed by atoms with Crippen LogP contribution in [0, 0.1) is 0 Å². The smallest absolute Gasteiger partial charge is 0.260 e. The normalized spacial score (nSPS) is 14.3. The number of ether oxygens (including phenoxy) is 1. The number of rotatable bonds is 6. The van der Waals surface area contributed by atoms with Crippen LogP contribution in [-0.2, 0) is 11.3 Å². The molecule has 1 aromatic rings. The molecule has 5 heteroatoms. The van der Waals surface area contributed by atoms with Gasteiger partial charge in [0, 0.05) is 19.1 Å². The molecule has 0 spiro atoms. The molecule has 1 aliphatic rings. The molecule has 2 rings (SSSR count). The van der Waals surface area contributed by atoms with Crippen molar-refractivity contribution in [1.82, 2.24) is 4.90 Å². The van der Waals surface area contributed by atoms with Crippen LogP contribution in [0.25, 0.3) is 0 Å². The van der Waals surface area contributed by atoms with Gasteiger partial charge in [-0.2, -0.15) is 0 Å². The van der Waals surface area contributed by atoms with Crippen molar-refractivity contribution in [2.75, 3.05) is 13.2 Å². The van der Waals surface area contributed by atoms with Gasteiger partial charge in [0.1, 0.15) is 5.75 Å². The fourth-order valence-electron chi connectivity index (χ4n) is 2.04. The highest BCUT2D eigenvalue weighted by Gasteiger charge is 2.31. The van der Waals surface area contributed by atoms with Crippen molar-refractivity contribution in [2.24, 2.45) is 5.73 Å². The van der Waals surface area contributed by atoms with Gasteiger partial charge in [0.2, 0.25) is 0 Å². The molecule has 0 bridgehead atoms. The lowest BCUT2D eigenvalue weighted by atomic mass is 10.2. The van der Waals surface area contributed by atoms with Gasteiger partial charge >= 0.3 is 0 Å². The van der Waals surface area contributed by atoms with Gasteiger partial charge in [-0.25, -0.2) is 0 Å². The maximum absolute atomic E-state index is 12.0. The lowest BCUT2D eigenvalue weighted by molar-refractivity contribution is -0.133. The SMILES string of the molecule is CCN(C(=O)COc1ccc(CN)cc1Br)C1CC1. The van der Waals surface area contributed by atoms with Gasteiger partial charge in [-0.1, -0.05) is 6.07 Å². The number of hydrogen-bond donors (Lipinski definition) is 1. The van der Waals surface area contributed by atoms with Crippen LogP contribution in [0.2, 0.25) is 0 Å². The highest BCUT2D eigenvalue weighted by molar-refractivity contribution is 9.10. The molecular weight excluding hydrogens is 308 g/mol. The number of nitrogens with zero attached hydrogens (tertiary/aromatic N) is 1. The summed E-state index contributed by atoms with van der Waals surface area (Å²) in [5, 5.41) is 0. The predicted molar refractivity (Wildman–Crippen MR) is 77.9 cm³/mol. The molecule has 0 aromatic heterocycles. The quantitative estimate of drug-likeness (QED) is 0.872. The zero-order valence-electron chi connectivity index (χ0n) is 11.1. The van der Waals surface area contributed by atoms with Crippen molar-refractivity contribution >= 4 is 21.8 Å². The second-order valence-corrected chi connectivity index (χ2v) is 5.52. The molecule has 0 heterocycles. The molecule has 1 aromatic carbocycles. The van der Waals surface area contributed by atoms with Crippen LogP contribution in [0.3, 0.4) is 0 Å². The van der Waals surface area contributed by atoms with E-state index in [1.807, 2.05) is 30.0 Å². The highest BCUT2D eigenvalue weighted by atomic mass is 79.9. The number of amides is 1. The van der Waals surface area contributed by atoms with Gasteiger partial charge in [0.25, 0.3) is 5.91 Å². The molecule has 4 nitrogen and oxygen atoms in total. The van der Waals surface area contributed by atoms with Gasteiger partial charge in [0.15, 0.2) is 6.61 Å². The standard InChI is InChI=1S/C14H19BrN2O2/c1-2-17(11-4-5-11)14(18)9-19-13-6-3-10(8-16)7-12(13)15/h3,6-7,11H,2,4-5,8-9,16H2,1H3. The lowest BCUT2D eigenvalue weighted by Crippen LogP contribution is -2.36. The maximum Gasteiger partial charge on any atom is 0.260 e. The molecule has 1 aliphatic carbocycles. The molecule has 0 atom stereocenters. The van der Waals surface area contributed by atoms with Gasteiger partial charge in [-0.3, -0.25) is 4.79 Å². The molecule has 19 heavy (non-hydrogen) atoms.